The van der Waals surface area contributed by atoms with E-state index in [-0.39, 0.29) is 21.8 Å². The fourth-order valence-corrected chi connectivity index (χ4v) is 3.03. The van der Waals surface area contributed by atoms with Gasteiger partial charge < -0.3 is 5.73 Å². The Bertz CT molecular complexity index is 949. The highest BCUT2D eigenvalue weighted by atomic mass is 35.5. The molecule has 1 aliphatic rings. The third kappa shape index (κ3) is 2.32. The van der Waals surface area contributed by atoms with Gasteiger partial charge in [-0.15, -0.1) is 0 Å². The molecule has 1 aromatic carbocycles. The summed E-state index contributed by atoms with van der Waals surface area (Å²) < 4.78 is 15.0. The van der Waals surface area contributed by atoms with Gasteiger partial charge in [-0.25, -0.2) is 13.9 Å². The second-order valence-corrected chi connectivity index (χ2v) is 6.10. The first-order chi connectivity index (χ1) is 11.1. The van der Waals surface area contributed by atoms with Crippen molar-refractivity contribution >= 4 is 22.5 Å². The minimum atomic E-state index is -0.542. The van der Waals surface area contributed by atoms with E-state index in [1.807, 2.05) is 0 Å². The zero-order valence-corrected chi connectivity index (χ0v) is 12.7. The highest BCUT2D eigenvalue weighted by Gasteiger charge is 2.33. The zero-order valence-electron chi connectivity index (χ0n) is 12.0. The molecule has 1 aliphatic carbocycles. The fraction of sp³-hybridized carbons (Fsp3) is 0.267. The molecule has 3 aromatic rings. The largest absolute Gasteiger partial charge is 0.321 e. The van der Waals surface area contributed by atoms with Crippen molar-refractivity contribution in [1.82, 2.24) is 19.7 Å². The molecule has 2 heterocycles. The van der Waals surface area contributed by atoms with Crippen LogP contribution in [0.3, 0.4) is 0 Å². The van der Waals surface area contributed by atoms with Crippen molar-refractivity contribution in [2.75, 3.05) is 0 Å². The highest BCUT2D eigenvalue weighted by Crippen LogP contribution is 2.39. The second-order valence-electron chi connectivity index (χ2n) is 5.70. The number of hydrogen-bond acceptors (Lipinski definition) is 4. The molecule has 0 saturated heterocycles. The van der Waals surface area contributed by atoms with Crippen LogP contribution in [0.1, 0.15) is 24.7 Å². The predicted octanol–water partition coefficient (Wildman–Crippen LogP) is 2.31. The van der Waals surface area contributed by atoms with Gasteiger partial charge in [-0.1, -0.05) is 11.6 Å². The lowest BCUT2D eigenvalue weighted by atomic mass is 10.1. The highest BCUT2D eigenvalue weighted by molar-refractivity contribution is 6.35. The molecule has 1 saturated carbocycles. The number of nitrogens with two attached hydrogens (primary N) is 1. The molecular weight excluding hydrogens is 321 g/mol. The average Bonchev–Trinajstić information content (AvgIpc) is 3.21. The van der Waals surface area contributed by atoms with Gasteiger partial charge >= 0.3 is 0 Å². The van der Waals surface area contributed by atoms with E-state index < -0.39 is 17.4 Å². The first-order valence-electron chi connectivity index (χ1n) is 7.23. The Morgan fingerprint density at radius 2 is 2.22 bits per heavy atom. The minimum absolute atomic E-state index is 0.0253. The lowest BCUT2D eigenvalue weighted by molar-refractivity contribution is 0.570. The van der Waals surface area contributed by atoms with Gasteiger partial charge in [-0.3, -0.25) is 9.89 Å². The Balaban J connectivity index is 2.09. The Kier molecular flexibility index (Phi) is 3.21. The van der Waals surface area contributed by atoms with Gasteiger partial charge in [0.25, 0.3) is 5.56 Å². The maximum Gasteiger partial charge on any atom is 0.268 e. The molecule has 1 atom stereocenters. The van der Waals surface area contributed by atoms with Gasteiger partial charge in [0.15, 0.2) is 0 Å². The van der Waals surface area contributed by atoms with Crippen LogP contribution >= 0.6 is 11.6 Å². The third-order valence-corrected chi connectivity index (χ3v) is 4.37. The summed E-state index contributed by atoms with van der Waals surface area (Å²) in [6.45, 7) is 0. The van der Waals surface area contributed by atoms with Crippen molar-refractivity contribution in [3.05, 3.63) is 51.4 Å². The van der Waals surface area contributed by atoms with Gasteiger partial charge in [0.2, 0.25) is 0 Å². The summed E-state index contributed by atoms with van der Waals surface area (Å²) in [5.41, 5.74) is 6.08. The second kappa shape index (κ2) is 5.14. The van der Waals surface area contributed by atoms with E-state index >= 15 is 0 Å². The van der Waals surface area contributed by atoms with E-state index in [1.54, 1.807) is 6.07 Å². The summed E-state index contributed by atoms with van der Waals surface area (Å²) >= 11 is 6.06. The van der Waals surface area contributed by atoms with Crippen molar-refractivity contribution in [2.24, 2.45) is 11.7 Å². The van der Waals surface area contributed by atoms with E-state index in [1.165, 1.54) is 16.8 Å². The van der Waals surface area contributed by atoms with Gasteiger partial charge in [0.05, 0.1) is 28.2 Å². The zero-order chi connectivity index (χ0) is 16.1. The first kappa shape index (κ1) is 14.3. The van der Waals surface area contributed by atoms with E-state index in [0.29, 0.717) is 11.6 Å². The number of aromatic amines is 1. The number of aromatic nitrogens is 4. The maximum atomic E-state index is 13.6. The average molecular weight is 334 g/mol. The molecule has 6 nitrogen and oxygen atoms in total. The molecule has 0 radical (unpaired) electrons. The standard InChI is InChI=1S/C15H13ClFN5O/c16-9-5-8(17)6-10-12(9)15(23)22(11-3-4-19-21-11)14(20-10)13(18)7-1-2-7/h3-7,13H,1-2,18H2,(H,19,21)/t13-/m0/s1. The molecule has 0 bridgehead atoms. The molecule has 3 N–H and O–H groups in total. The van der Waals surface area contributed by atoms with E-state index in [4.69, 9.17) is 17.3 Å². The van der Waals surface area contributed by atoms with Crippen molar-refractivity contribution in [1.29, 1.82) is 0 Å². The van der Waals surface area contributed by atoms with E-state index in [0.717, 1.165) is 18.9 Å². The number of rotatable bonds is 3. The van der Waals surface area contributed by atoms with Crippen LogP contribution in [0.4, 0.5) is 4.39 Å². The third-order valence-electron chi connectivity index (χ3n) is 4.07. The quantitative estimate of drug-likeness (QED) is 0.769. The SMILES string of the molecule is N[C@H](c1nc2cc(F)cc(Cl)c2c(=O)n1-c1ccn[nH]1)C1CC1. The normalized spacial score (nSPS) is 16.0. The smallest absolute Gasteiger partial charge is 0.268 e. The number of fused-ring (bicyclic) bond motifs is 1. The maximum absolute atomic E-state index is 13.6. The summed E-state index contributed by atoms with van der Waals surface area (Å²) in [6, 6.07) is 3.54. The molecule has 2 aromatic heterocycles. The van der Waals surface area contributed by atoms with E-state index in [9.17, 15) is 9.18 Å². The molecule has 0 spiro atoms. The summed E-state index contributed by atoms with van der Waals surface area (Å²) in [4.78, 5) is 17.4. The molecule has 118 valence electrons. The number of benzene rings is 1. The minimum Gasteiger partial charge on any atom is -0.321 e. The molecule has 8 heteroatoms. The number of halogens is 2. The lowest BCUT2D eigenvalue weighted by Gasteiger charge is -2.17. The van der Waals surface area contributed by atoms with Crippen LogP contribution in [0.2, 0.25) is 5.02 Å². The van der Waals surface area contributed by atoms with Gasteiger partial charge in [-0.05, 0) is 24.8 Å². The topological polar surface area (TPSA) is 89.6 Å². The summed E-state index contributed by atoms with van der Waals surface area (Å²) in [5, 5.41) is 6.80. The van der Waals surface area contributed by atoms with Crippen molar-refractivity contribution < 1.29 is 4.39 Å². The number of nitrogens with zero attached hydrogens (tertiary/aromatic N) is 3. The van der Waals surface area contributed by atoms with Crippen LogP contribution in [0, 0.1) is 11.7 Å². The molecule has 23 heavy (non-hydrogen) atoms. The fourth-order valence-electron chi connectivity index (χ4n) is 2.74. The van der Waals surface area contributed by atoms with Crippen molar-refractivity contribution in [3.8, 4) is 5.82 Å². The van der Waals surface area contributed by atoms with Crippen LogP contribution < -0.4 is 11.3 Å². The molecule has 0 aliphatic heterocycles. The van der Waals surface area contributed by atoms with E-state index in [2.05, 4.69) is 15.2 Å². The predicted molar refractivity (Wildman–Crippen MR) is 84.1 cm³/mol. The summed E-state index contributed by atoms with van der Waals surface area (Å²) in [5.74, 6) is 0.573. The number of nitrogens with one attached hydrogen (secondary N) is 1. The Hall–Kier alpha value is -2.25. The van der Waals surface area contributed by atoms with Crippen LogP contribution in [-0.4, -0.2) is 19.7 Å². The van der Waals surface area contributed by atoms with Crippen molar-refractivity contribution in [3.63, 3.8) is 0 Å². The van der Waals surface area contributed by atoms with Gasteiger partial charge in [0, 0.05) is 12.1 Å². The summed E-state index contributed by atoms with van der Waals surface area (Å²) in [6.07, 6.45) is 3.51. The van der Waals surface area contributed by atoms with Crippen LogP contribution in [0.25, 0.3) is 16.7 Å². The number of hydrogen-bond donors (Lipinski definition) is 2. The van der Waals surface area contributed by atoms with Crippen LogP contribution in [0.15, 0.2) is 29.2 Å². The van der Waals surface area contributed by atoms with Crippen molar-refractivity contribution in [2.45, 2.75) is 18.9 Å². The molecule has 0 unspecified atom stereocenters. The molecule has 1 fully saturated rings. The number of H-pyrrole nitrogens is 1. The van der Waals surface area contributed by atoms with Gasteiger partial charge in [0.1, 0.15) is 17.5 Å². The Morgan fingerprint density at radius 1 is 1.43 bits per heavy atom. The molecule has 0 amide bonds. The van der Waals surface area contributed by atoms with Crippen LogP contribution in [0.5, 0.6) is 0 Å². The monoisotopic (exact) mass is 333 g/mol. The molecular formula is C15H13ClFN5O. The van der Waals surface area contributed by atoms with Gasteiger partial charge in [-0.2, -0.15) is 5.10 Å². The first-order valence-corrected chi connectivity index (χ1v) is 7.61. The lowest BCUT2D eigenvalue weighted by Crippen LogP contribution is -2.29. The Morgan fingerprint density at radius 3 is 2.87 bits per heavy atom. The van der Waals surface area contributed by atoms with Crippen LogP contribution in [-0.2, 0) is 0 Å². The summed E-state index contributed by atoms with van der Waals surface area (Å²) in [7, 11) is 0. The Labute approximate surface area is 135 Å². The molecule has 4 rings (SSSR count).